The molecule has 0 radical (unpaired) electrons. The molecule has 0 aromatic heterocycles. The highest BCUT2D eigenvalue weighted by molar-refractivity contribution is 5.98. The van der Waals surface area contributed by atoms with Gasteiger partial charge in [-0.2, -0.15) is 0 Å². The van der Waals surface area contributed by atoms with Crippen molar-refractivity contribution in [2.24, 2.45) is 5.84 Å². The second-order valence-electron chi connectivity index (χ2n) is 3.46. The number of urea groups is 1. The number of hydrogen-bond donors (Lipinski definition) is 2. The van der Waals surface area contributed by atoms with E-state index in [2.05, 4.69) is 5.43 Å². The molecule has 2 rings (SSSR count). The van der Waals surface area contributed by atoms with Gasteiger partial charge in [-0.15, -0.1) is 0 Å². The molecule has 4 nitrogen and oxygen atoms in total. The zero-order valence-electron chi connectivity index (χ0n) is 9.21. The van der Waals surface area contributed by atoms with Gasteiger partial charge in [0.1, 0.15) is 0 Å². The summed E-state index contributed by atoms with van der Waals surface area (Å²) in [6.07, 6.45) is 0. The van der Waals surface area contributed by atoms with Crippen LogP contribution < -0.4 is 16.2 Å². The van der Waals surface area contributed by atoms with Gasteiger partial charge >= 0.3 is 6.03 Å². The van der Waals surface area contributed by atoms with Crippen molar-refractivity contribution < 1.29 is 4.79 Å². The third-order valence-electron chi connectivity index (χ3n) is 2.36. The first-order valence-corrected chi connectivity index (χ1v) is 5.23. The topological polar surface area (TPSA) is 58.4 Å². The van der Waals surface area contributed by atoms with Gasteiger partial charge in [-0.05, 0) is 24.3 Å². The predicted octanol–water partition coefficient (Wildman–Crippen LogP) is 2.41. The fourth-order valence-corrected chi connectivity index (χ4v) is 1.60. The molecule has 0 aliphatic rings. The van der Waals surface area contributed by atoms with Crippen LogP contribution in [-0.2, 0) is 0 Å². The quantitative estimate of drug-likeness (QED) is 0.470. The second kappa shape index (κ2) is 5.14. The van der Waals surface area contributed by atoms with Crippen LogP contribution in [-0.4, -0.2) is 6.03 Å². The van der Waals surface area contributed by atoms with Crippen molar-refractivity contribution in [2.75, 3.05) is 4.90 Å². The third kappa shape index (κ3) is 2.43. The van der Waals surface area contributed by atoms with Crippen LogP contribution >= 0.6 is 0 Å². The summed E-state index contributed by atoms with van der Waals surface area (Å²) < 4.78 is 0. The Morgan fingerprint density at radius 1 is 0.882 bits per heavy atom. The standard InChI is InChI=1S/C13H13N3O/c14-15-13(17)16(11-7-3-1-4-8-11)12-9-5-2-6-10-12/h1-10H,14H2,(H,15,17). The summed E-state index contributed by atoms with van der Waals surface area (Å²) in [6.45, 7) is 0. The monoisotopic (exact) mass is 227 g/mol. The average molecular weight is 227 g/mol. The van der Waals surface area contributed by atoms with Crippen LogP contribution in [0.4, 0.5) is 16.2 Å². The molecule has 2 aromatic carbocycles. The summed E-state index contributed by atoms with van der Waals surface area (Å²) in [5.41, 5.74) is 3.68. The summed E-state index contributed by atoms with van der Waals surface area (Å²) in [5, 5.41) is 0. The zero-order valence-corrected chi connectivity index (χ0v) is 9.21. The lowest BCUT2D eigenvalue weighted by atomic mass is 10.2. The second-order valence-corrected chi connectivity index (χ2v) is 3.46. The number of anilines is 2. The maximum atomic E-state index is 11.8. The van der Waals surface area contributed by atoms with E-state index in [1.165, 1.54) is 4.90 Å². The van der Waals surface area contributed by atoms with Crippen molar-refractivity contribution in [1.82, 2.24) is 5.43 Å². The summed E-state index contributed by atoms with van der Waals surface area (Å²) in [6, 6.07) is 18.3. The number of nitrogens with two attached hydrogens (primary N) is 1. The maximum Gasteiger partial charge on any atom is 0.340 e. The van der Waals surface area contributed by atoms with Crippen LogP contribution in [0.1, 0.15) is 0 Å². The van der Waals surface area contributed by atoms with Crippen LogP contribution in [0.15, 0.2) is 60.7 Å². The summed E-state index contributed by atoms with van der Waals surface area (Å²) in [4.78, 5) is 13.3. The van der Waals surface area contributed by atoms with E-state index >= 15 is 0 Å². The molecule has 3 N–H and O–H groups in total. The van der Waals surface area contributed by atoms with Gasteiger partial charge in [-0.1, -0.05) is 36.4 Å². The number of rotatable bonds is 2. The number of hydrogen-bond acceptors (Lipinski definition) is 2. The minimum Gasteiger partial charge on any atom is -0.275 e. The molecule has 0 spiro atoms. The van der Waals surface area contributed by atoms with Crippen molar-refractivity contribution in [3.05, 3.63) is 60.7 Å². The minimum absolute atomic E-state index is 0.373. The predicted molar refractivity (Wildman–Crippen MR) is 67.7 cm³/mol. The number of nitrogens with zero attached hydrogens (tertiary/aromatic N) is 1. The maximum absolute atomic E-state index is 11.8. The van der Waals surface area contributed by atoms with Gasteiger partial charge in [-0.25, -0.2) is 10.6 Å². The van der Waals surface area contributed by atoms with E-state index in [0.29, 0.717) is 0 Å². The lowest BCUT2D eigenvalue weighted by molar-refractivity contribution is 0.249. The van der Waals surface area contributed by atoms with Gasteiger partial charge in [0.2, 0.25) is 0 Å². The number of amides is 2. The number of hydrazine groups is 1. The molecule has 4 heteroatoms. The number of para-hydroxylation sites is 2. The van der Waals surface area contributed by atoms with E-state index in [9.17, 15) is 4.79 Å². The van der Waals surface area contributed by atoms with Crippen LogP contribution in [0.5, 0.6) is 0 Å². The highest BCUT2D eigenvalue weighted by Crippen LogP contribution is 2.24. The molecule has 0 aliphatic heterocycles. The fraction of sp³-hybridized carbons (Fsp3) is 0. The Bertz CT molecular complexity index is 445. The Morgan fingerprint density at radius 3 is 1.65 bits per heavy atom. The summed E-state index contributed by atoms with van der Waals surface area (Å²) >= 11 is 0. The Morgan fingerprint density at radius 2 is 1.29 bits per heavy atom. The van der Waals surface area contributed by atoms with Gasteiger partial charge in [0, 0.05) is 0 Å². The van der Waals surface area contributed by atoms with Gasteiger partial charge in [-0.3, -0.25) is 10.3 Å². The largest absolute Gasteiger partial charge is 0.340 e. The number of benzene rings is 2. The molecule has 2 amide bonds. The fourth-order valence-electron chi connectivity index (χ4n) is 1.60. The Labute approximate surface area is 99.6 Å². The van der Waals surface area contributed by atoms with Crippen molar-refractivity contribution in [3.8, 4) is 0 Å². The smallest absolute Gasteiger partial charge is 0.275 e. The number of nitrogens with one attached hydrogen (secondary N) is 1. The van der Waals surface area contributed by atoms with E-state index in [-0.39, 0.29) is 6.03 Å². The first-order chi connectivity index (χ1) is 8.33. The van der Waals surface area contributed by atoms with Crippen molar-refractivity contribution in [1.29, 1.82) is 0 Å². The summed E-state index contributed by atoms with van der Waals surface area (Å²) in [7, 11) is 0. The van der Waals surface area contributed by atoms with Crippen LogP contribution in [0, 0.1) is 0 Å². The highest BCUT2D eigenvalue weighted by atomic mass is 16.2. The molecule has 0 heterocycles. The molecule has 0 saturated carbocycles. The molecule has 2 aromatic rings. The van der Waals surface area contributed by atoms with Crippen LogP contribution in [0.25, 0.3) is 0 Å². The van der Waals surface area contributed by atoms with Gasteiger partial charge in [0.05, 0.1) is 11.4 Å². The van der Waals surface area contributed by atoms with Crippen LogP contribution in [0.2, 0.25) is 0 Å². The van der Waals surface area contributed by atoms with Gasteiger partial charge in [0.25, 0.3) is 0 Å². The molecule has 0 unspecified atom stereocenters. The first kappa shape index (κ1) is 11.2. The van der Waals surface area contributed by atoms with Crippen molar-refractivity contribution in [2.45, 2.75) is 0 Å². The van der Waals surface area contributed by atoms with E-state index < -0.39 is 0 Å². The average Bonchev–Trinajstić information content (AvgIpc) is 2.41. The molecule has 0 aliphatic carbocycles. The molecular formula is C13H13N3O. The molecule has 0 atom stereocenters. The molecule has 0 bridgehead atoms. The lowest BCUT2D eigenvalue weighted by Crippen LogP contribution is -2.40. The van der Waals surface area contributed by atoms with E-state index in [1.54, 1.807) is 0 Å². The lowest BCUT2D eigenvalue weighted by Gasteiger charge is -2.21. The number of carbonyl (C=O) groups excluding carboxylic acids is 1. The SMILES string of the molecule is NNC(=O)N(c1ccccc1)c1ccccc1. The molecule has 0 saturated heterocycles. The van der Waals surface area contributed by atoms with Crippen molar-refractivity contribution >= 4 is 17.4 Å². The number of carbonyl (C=O) groups is 1. The molecular weight excluding hydrogens is 214 g/mol. The summed E-state index contributed by atoms with van der Waals surface area (Å²) in [5.74, 6) is 5.21. The highest BCUT2D eigenvalue weighted by Gasteiger charge is 2.15. The normalized spacial score (nSPS) is 9.71. The Balaban J connectivity index is 2.43. The minimum atomic E-state index is -0.373. The molecule has 0 fully saturated rings. The Kier molecular flexibility index (Phi) is 3.37. The molecule has 17 heavy (non-hydrogen) atoms. The van der Waals surface area contributed by atoms with Crippen molar-refractivity contribution in [3.63, 3.8) is 0 Å². The third-order valence-corrected chi connectivity index (χ3v) is 2.36. The zero-order chi connectivity index (χ0) is 12.1. The van der Waals surface area contributed by atoms with E-state index in [4.69, 9.17) is 5.84 Å². The van der Waals surface area contributed by atoms with E-state index in [1.807, 2.05) is 60.7 Å². The Hall–Kier alpha value is -2.33. The van der Waals surface area contributed by atoms with Gasteiger partial charge in [0.15, 0.2) is 0 Å². The van der Waals surface area contributed by atoms with Gasteiger partial charge < -0.3 is 0 Å². The first-order valence-electron chi connectivity index (χ1n) is 5.23. The molecule has 86 valence electrons. The van der Waals surface area contributed by atoms with E-state index in [0.717, 1.165) is 11.4 Å². The van der Waals surface area contributed by atoms with Crippen LogP contribution in [0.3, 0.4) is 0 Å².